The van der Waals surface area contributed by atoms with Crippen LogP contribution in [0.1, 0.15) is 41.8 Å². The van der Waals surface area contributed by atoms with Crippen LogP contribution >= 0.6 is 0 Å². The first-order chi connectivity index (χ1) is 19.5. The van der Waals surface area contributed by atoms with Gasteiger partial charge in [-0.05, 0) is 54.8 Å². The van der Waals surface area contributed by atoms with Crippen LogP contribution in [0.3, 0.4) is 0 Å². The van der Waals surface area contributed by atoms with Gasteiger partial charge in [-0.1, -0.05) is 28.7 Å². The van der Waals surface area contributed by atoms with Gasteiger partial charge in [0, 0.05) is 18.2 Å². The number of hydroxylamine groups is 1. The molecule has 2 atom stereocenters. The van der Waals surface area contributed by atoms with Crippen molar-refractivity contribution in [3.63, 3.8) is 0 Å². The Morgan fingerprint density at radius 1 is 1.12 bits per heavy atom. The van der Waals surface area contributed by atoms with Gasteiger partial charge in [0.05, 0.1) is 36.0 Å². The van der Waals surface area contributed by atoms with E-state index in [0.717, 1.165) is 6.07 Å². The number of aliphatic carboxylic acids is 1. The van der Waals surface area contributed by atoms with E-state index in [2.05, 4.69) is 5.48 Å². The summed E-state index contributed by atoms with van der Waals surface area (Å²) in [6, 6.07) is 15.2. The van der Waals surface area contributed by atoms with Gasteiger partial charge in [-0.25, -0.2) is 9.69 Å². The molecule has 3 rings (SSSR count). The predicted octanol–water partition coefficient (Wildman–Crippen LogP) is 4.92. The van der Waals surface area contributed by atoms with Gasteiger partial charge in [-0.15, -0.1) is 4.53 Å². The summed E-state index contributed by atoms with van der Waals surface area (Å²) in [7, 11) is -0.488. The average molecular weight is 590 g/mol. The first-order valence-electron chi connectivity index (χ1n) is 12.2. The third kappa shape index (κ3) is 8.22. The topological polar surface area (TPSA) is 158 Å². The number of carboxylic acids is 1. The molecule has 2 unspecified atom stereocenters. The second-order valence-corrected chi connectivity index (χ2v) is 9.82. The fourth-order valence-electron chi connectivity index (χ4n) is 3.75. The number of carboxylic acid groups (broad SMARTS) is 1. The lowest BCUT2D eigenvalue weighted by atomic mass is 10.0. The predicted molar refractivity (Wildman–Crippen MR) is 149 cm³/mol. The number of benzene rings is 3. The standard InChI is InChI=1S/C27H28FN3O9S/c1-17(22-15-24(38-2)25(16-23(22)31(35)36)39-13-5-8-26(32)33)40-29-27(34)19-11-9-18(10-12-19)20-6-4-7-21(14-20)30(28)41(3)37/h4,6-7,9-12,14-17H,5,8,13H2,1-3H3,(H,29,34)(H,32,33). The maximum Gasteiger partial charge on any atom is 0.303 e. The first kappa shape index (κ1) is 31.0. The number of carbonyl (C=O) groups excluding carboxylic acids is 1. The van der Waals surface area contributed by atoms with Crippen LogP contribution in [-0.4, -0.2) is 46.1 Å². The van der Waals surface area contributed by atoms with Crippen LogP contribution in [0.2, 0.25) is 0 Å². The molecule has 0 radical (unpaired) electrons. The van der Waals surface area contributed by atoms with E-state index in [1.807, 2.05) is 0 Å². The highest BCUT2D eigenvalue weighted by Crippen LogP contribution is 2.38. The Hall–Kier alpha value is -4.56. The zero-order chi connectivity index (χ0) is 30.1. The first-order valence-corrected chi connectivity index (χ1v) is 13.7. The number of rotatable bonds is 14. The molecule has 0 aliphatic rings. The molecule has 3 aromatic carbocycles. The number of halogens is 1. The second-order valence-electron chi connectivity index (χ2n) is 8.65. The highest BCUT2D eigenvalue weighted by atomic mass is 32.2. The van der Waals surface area contributed by atoms with Gasteiger partial charge >= 0.3 is 5.97 Å². The molecule has 3 aromatic rings. The summed E-state index contributed by atoms with van der Waals surface area (Å²) in [5, 5.41) is 20.5. The van der Waals surface area contributed by atoms with Crippen molar-refractivity contribution >= 4 is 34.2 Å². The Balaban J connectivity index is 1.70. The fourth-order valence-corrected chi connectivity index (χ4v) is 4.16. The summed E-state index contributed by atoms with van der Waals surface area (Å²) in [6.45, 7) is 1.52. The van der Waals surface area contributed by atoms with Crippen molar-refractivity contribution < 1.29 is 42.6 Å². The summed E-state index contributed by atoms with van der Waals surface area (Å²) in [6.07, 6.45) is 0.325. The number of nitro groups is 1. The largest absolute Gasteiger partial charge is 0.493 e. The van der Waals surface area contributed by atoms with Crippen LogP contribution in [-0.2, 0) is 20.6 Å². The van der Waals surface area contributed by atoms with Crippen molar-refractivity contribution in [1.82, 2.24) is 5.48 Å². The van der Waals surface area contributed by atoms with Gasteiger partial charge in [-0.3, -0.25) is 24.5 Å². The van der Waals surface area contributed by atoms with Gasteiger partial charge < -0.3 is 14.6 Å². The average Bonchev–Trinajstić information content (AvgIpc) is 2.97. The normalized spacial score (nSPS) is 12.2. The minimum Gasteiger partial charge on any atom is -0.493 e. The molecule has 0 fully saturated rings. The lowest BCUT2D eigenvalue weighted by Gasteiger charge is -2.17. The number of hydrogen-bond donors (Lipinski definition) is 2. The number of hydrogen-bond acceptors (Lipinski definition) is 8. The van der Waals surface area contributed by atoms with E-state index in [0.29, 0.717) is 11.1 Å². The summed E-state index contributed by atoms with van der Waals surface area (Å²) >= 11 is 0. The van der Waals surface area contributed by atoms with Crippen molar-refractivity contribution in [2.75, 3.05) is 24.5 Å². The van der Waals surface area contributed by atoms with Crippen LogP contribution in [0.5, 0.6) is 11.5 Å². The van der Waals surface area contributed by atoms with E-state index in [1.54, 1.807) is 24.3 Å². The molecule has 0 heterocycles. The number of nitro benzene ring substituents is 1. The highest BCUT2D eigenvalue weighted by Gasteiger charge is 2.25. The second kappa shape index (κ2) is 14.2. The van der Waals surface area contributed by atoms with Crippen molar-refractivity contribution in [2.45, 2.75) is 25.9 Å². The van der Waals surface area contributed by atoms with Crippen LogP contribution in [0, 0.1) is 10.1 Å². The molecule has 0 aliphatic carbocycles. The lowest BCUT2D eigenvalue weighted by molar-refractivity contribution is -0.386. The zero-order valence-corrected chi connectivity index (χ0v) is 23.2. The minimum atomic E-state index is -1.84. The summed E-state index contributed by atoms with van der Waals surface area (Å²) in [5.74, 6) is -1.36. The Morgan fingerprint density at radius 2 is 1.83 bits per heavy atom. The number of amides is 1. The third-order valence-corrected chi connectivity index (χ3v) is 6.49. The van der Waals surface area contributed by atoms with Gasteiger partial charge in [-0.2, -0.15) is 0 Å². The van der Waals surface area contributed by atoms with Gasteiger partial charge in [0.2, 0.25) is 0 Å². The molecule has 41 heavy (non-hydrogen) atoms. The Bertz CT molecular complexity index is 1440. The summed E-state index contributed by atoms with van der Waals surface area (Å²) < 4.78 is 36.4. The quantitative estimate of drug-likeness (QED) is 0.115. The molecule has 0 bridgehead atoms. The van der Waals surface area contributed by atoms with Crippen molar-refractivity contribution in [2.24, 2.45) is 0 Å². The van der Waals surface area contributed by atoms with E-state index in [-0.39, 0.29) is 58.0 Å². The molecule has 218 valence electrons. The molecule has 0 aromatic heterocycles. The highest BCUT2D eigenvalue weighted by molar-refractivity contribution is 7.85. The molecular formula is C27H28FN3O9S. The monoisotopic (exact) mass is 589 g/mol. The molecule has 14 heteroatoms. The van der Waals surface area contributed by atoms with Crippen LogP contribution < -0.4 is 19.5 Å². The number of carbonyl (C=O) groups is 2. The van der Waals surface area contributed by atoms with Crippen LogP contribution in [0.15, 0.2) is 60.7 Å². The molecule has 0 saturated carbocycles. The van der Waals surface area contributed by atoms with Crippen molar-refractivity contribution in [3.8, 4) is 22.6 Å². The van der Waals surface area contributed by atoms with E-state index in [4.69, 9.17) is 19.4 Å². The maximum atomic E-state index is 14.0. The summed E-state index contributed by atoms with van der Waals surface area (Å²) in [5.41, 5.74) is 3.73. The Labute approximate surface area is 237 Å². The molecule has 2 N–H and O–H groups in total. The van der Waals surface area contributed by atoms with E-state index >= 15 is 0 Å². The van der Waals surface area contributed by atoms with Gasteiger partial charge in [0.25, 0.3) is 11.6 Å². The number of ether oxygens (including phenoxy) is 2. The number of nitrogens with one attached hydrogen (secondary N) is 1. The summed E-state index contributed by atoms with van der Waals surface area (Å²) in [4.78, 5) is 39.9. The molecule has 0 aliphatic heterocycles. The Kier molecular flexibility index (Phi) is 10.7. The SMILES string of the molecule is COc1cc(C(C)ONC(=O)c2ccc(-c3cccc(N(F)S(C)=O)c3)cc2)c([N+](=O)[O-])cc1OCCCC(=O)O. The van der Waals surface area contributed by atoms with Crippen molar-refractivity contribution in [1.29, 1.82) is 0 Å². The Morgan fingerprint density at radius 3 is 2.44 bits per heavy atom. The molecule has 1 amide bonds. The molecular weight excluding hydrogens is 561 g/mol. The van der Waals surface area contributed by atoms with Crippen LogP contribution in [0.25, 0.3) is 11.1 Å². The minimum absolute atomic E-state index is 0.0133. The van der Waals surface area contributed by atoms with E-state index in [1.165, 1.54) is 50.6 Å². The number of nitrogens with zero attached hydrogens (tertiary/aromatic N) is 2. The lowest BCUT2D eigenvalue weighted by Crippen LogP contribution is -2.25. The smallest absolute Gasteiger partial charge is 0.303 e. The van der Waals surface area contributed by atoms with Crippen molar-refractivity contribution in [3.05, 3.63) is 81.9 Å². The molecule has 0 saturated heterocycles. The van der Waals surface area contributed by atoms with Gasteiger partial charge in [0.1, 0.15) is 17.1 Å². The fraction of sp³-hybridized carbons (Fsp3) is 0.259. The molecule has 0 spiro atoms. The maximum absolute atomic E-state index is 14.0. The van der Waals surface area contributed by atoms with E-state index < -0.39 is 33.9 Å². The van der Waals surface area contributed by atoms with Gasteiger partial charge in [0.15, 0.2) is 11.5 Å². The third-order valence-electron chi connectivity index (χ3n) is 5.82. The molecule has 12 nitrogen and oxygen atoms in total. The number of anilines is 1. The van der Waals surface area contributed by atoms with Crippen LogP contribution in [0.4, 0.5) is 15.9 Å². The number of methoxy groups -OCH3 is 1. The zero-order valence-electron chi connectivity index (χ0n) is 22.4. The van der Waals surface area contributed by atoms with E-state index in [9.17, 15) is 28.4 Å².